The van der Waals surface area contributed by atoms with Crippen LogP contribution in [-0.2, 0) is 9.53 Å². The van der Waals surface area contributed by atoms with Crippen molar-refractivity contribution >= 4 is 52.6 Å². The van der Waals surface area contributed by atoms with Gasteiger partial charge in [-0.3, -0.25) is 4.90 Å². The SMILES string of the molecule is CCCN1C(=O)NC(c2ccc(NC(=O)Nc3ccc(Cl)cc3Cl)cc2)C(C(=O)OC)=C1C. The summed E-state index contributed by atoms with van der Waals surface area (Å²) in [5.41, 5.74) is 2.52. The van der Waals surface area contributed by atoms with Gasteiger partial charge in [0.05, 0.1) is 29.4 Å². The Labute approximate surface area is 201 Å². The minimum atomic E-state index is -0.672. The Hall–Kier alpha value is -3.23. The minimum absolute atomic E-state index is 0.284. The first-order chi connectivity index (χ1) is 15.7. The van der Waals surface area contributed by atoms with Crippen molar-refractivity contribution in [2.45, 2.75) is 26.3 Å². The fraction of sp³-hybridized carbons (Fsp3) is 0.261. The van der Waals surface area contributed by atoms with Gasteiger partial charge in [-0.1, -0.05) is 42.3 Å². The normalized spacial score (nSPS) is 15.7. The molecule has 174 valence electrons. The molecular weight excluding hydrogens is 467 g/mol. The summed E-state index contributed by atoms with van der Waals surface area (Å²) in [6, 6.07) is 10.1. The Morgan fingerprint density at radius 1 is 1.12 bits per heavy atom. The van der Waals surface area contributed by atoms with E-state index in [2.05, 4.69) is 16.0 Å². The number of rotatable bonds is 6. The highest BCUT2D eigenvalue weighted by atomic mass is 35.5. The summed E-state index contributed by atoms with van der Waals surface area (Å²) < 4.78 is 4.96. The number of urea groups is 2. The smallest absolute Gasteiger partial charge is 0.337 e. The number of hydrogen-bond donors (Lipinski definition) is 3. The second kappa shape index (κ2) is 10.6. The van der Waals surface area contributed by atoms with Gasteiger partial charge in [0.25, 0.3) is 0 Å². The summed E-state index contributed by atoms with van der Waals surface area (Å²) >= 11 is 12.0. The van der Waals surface area contributed by atoms with Crippen molar-refractivity contribution in [3.63, 3.8) is 0 Å². The van der Waals surface area contributed by atoms with Crippen molar-refractivity contribution < 1.29 is 19.1 Å². The molecule has 0 fully saturated rings. The molecule has 0 radical (unpaired) electrons. The van der Waals surface area contributed by atoms with Crippen molar-refractivity contribution in [1.29, 1.82) is 0 Å². The second-order valence-corrected chi connectivity index (χ2v) is 8.19. The molecule has 0 bridgehead atoms. The highest BCUT2D eigenvalue weighted by molar-refractivity contribution is 6.36. The lowest BCUT2D eigenvalue weighted by Gasteiger charge is -2.35. The minimum Gasteiger partial charge on any atom is -0.466 e. The molecular formula is C23H24Cl2N4O4. The van der Waals surface area contributed by atoms with Crippen molar-refractivity contribution in [3.05, 3.63) is 69.3 Å². The summed E-state index contributed by atoms with van der Waals surface area (Å²) in [4.78, 5) is 39.0. The lowest BCUT2D eigenvalue weighted by atomic mass is 9.94. The third-order valence-electron chi connectivity index (χ3n) is 5.13. The first-order valence-corrected chi connectivity index (χ1v) is 11.0. The van der Waals surface area contributed by atoms with E-state index >= 15 is 0 Å². The van der Waals surface area contributed by atoms with E-state index in [0.29, 0.717) is 44.8 Å². The number of allylic oxidation sites excluding steroid dienone is 1. The molecule has 0 aliphatic carbocycles. The maximum atomic E-state index is 12.6. The van der Waals surface area contributed by atoms with Crippen LogP contribution in [0.15, 0.2) is 53.7 Å². The molecule has 0 saturated carbocycles. The number of carbonyl (C=O) groups is 3. The Morgan fingerprint density at radius 3 is 2.42 bits per heavy atom. The number of nitrogens with one attached hydrogen (secondary N) is 3. The van der Waals surface area contributed by atoms with Gasteiger partial charge >= 0.3 is 18.0 Å². The second-order valence-electron chi connectivity index (χ2n) is 7.35. The fourth-order valence-electron chi connectivity index (χ4n) is 3.53. The number of benzene rings is 2. The van der Waals surface area contributed by atoms with Gasteiger partial charge in [-0.05, 0) is 49.2 Å². The van der Waals surface area contributed by atoms with Crippen LogP contribution in [0.5, 0.6) is 0 Å². The number of carbonyl (C=O) groups excluding carboxylic acids is 3. The number of hydrogen-bond acceptors (Lipinski definition) is 4. The summed E-state index contributed by atoms with van der Waals surface area (Å²) in [6.07, 6.45) is 0.744. The number of halogens is 2. The lowest BCUT2D eigenvalue weighted by Crippen LogP contribution is -2.48. The van der Waals surface area contributed by atoms with Crippen LogP contribution in [0.3, 0.4) is 0 Å². The Kier molecular flexibility index (Phi) is 7.84. The summed E-state index contributed by atoms with van der Waals surface area (Å²) in [6.45, 7) is 4.17. The zero-order valence-electron chi connectivity index (χ0n) is 18.4. The number of ether oxygens (including phenoxy) is 1. The molecule has 8 nitrogen and oxygen atoms in total. The third kappa shape index (κ3) is 5.58. The predicted octanol–water partition coefficient (Wildman–Crippen LogP) is 5.56. The topological polar surface area (TPSA) is 99.8 Å². The quantitative estimate of drug-likeness (QED) is 0.461. The van der Waals surface area contributed by atoms with Crippen LogP contribution < -0.4 is 16.0 Å². The molecule has 0 aromatic heterocycles. The molecule has 4 amide bonds. The highest BCUT2D eigenvalue weighted by Crippen LogP contribution is 2.32. The standard InChI is InChI=1S/C23H24Cl2N4O4/c1-4-11-29-13(2)19(21(30)33-3)20(28-23(29)32)14-5-8-16(9-6-14)26-22(31)27-18-10-7-15(24)12-17(18)25/h5-10,12,20H,4,11H2,1-3H3,(H,28,32)(H2,26,27,31). The first kappa shape index (κ1) is 24.4. The summed E-state index contributed by atoms with van der Waals surface area (Å²) in [5, 5.41) is 9.01. The Morgan fingerprint density at radius 2 is 1.82 bits per heavy atom. The molecule has 33 heavy (non-hydrogen) atoms. The number of anilines is 2. The Balaban J connectivity index is 1.78. The van der Waals surface area contributed by atoms with Gasteiger partial charge in [-0.25, -0.2) is 14.4 Å². The molecule has 1 aliphatic rings. The van der Waals surface area contributed by atoms with Crippen LogP contribution in [0.2, 0.25) is 10.0 Å². The average molecular weight is 491 g/mol. The van der Waals surface area contributed by atoms with Crippen LogP contribution in [0, 0.1) is 0 Å². The lowest BCUT2D eigenvalue weighted by molar-refractivity contribution is -0.136. The first-order valence-electron chi connectivity index (χ1n) is 10.2. The van der Waals surface area contributed by atoms with E-state index in [1.165, 1.54) is 18.1 Å². The monoisotopic (exact) mass is 490 g/mol. The van der Waals surface area contributed by atoms with Gasteiger partial charge in [0.1, 0.15) is 0 Å². The van der Waals surface area contributed by atoms with Crippen molar-refractivity contribution in [2.24, 2.45) is 0 Å². The van der Waals surface area contributed by atoms with Crippen molar-refractivity contribution in [1.82, 2.24) is 10.2 Å². The summed E-state index contributed by atoms with van der Waals surface area (Å²) in [7, 11) is 1.30. The van der Waals surface area contributed by atoms with Gasteiger partial charge in [-0.2, -0.15) is 0 Å². The van der Waals surface area contributed by atoms with E-state index in [1.54, 1.807) is 43.3 Å². The molecule has 2 aromatic rings. The number of esters is 1. The van der Waals surface area contributed by atoms with Gasteiger partial charge in [0.15, 0.2) is 0 Å². The molecule has 10 heteroatoms. The average Bonchev–Trinajstić information content (AvgIpc) is 2.78. The molecule has 0 saturated heterocycles. The Bertz CT molecular complexity index is 1100. The van der Waals surface area contributed by atoms with Crippen LogP contribution in [0.1, 0.15) is 31.9 Å². The van der Waals surface area contributed by atoms with E-state index in [0.717, 1.165) is 6.42 Å². The molecule has 2 aromatic carbocycles. The van der Waals surface area contributed by atoms with E-state index in [4.69, 9.17) is 27.9 Å². The van der Waals surface area contributed by atoms with Crippen LogP contribution in [-0.4, -0.2) is 36.6 Å². The van der Waals surface area contributed by atoms with Gasteiger partial charge in [0, 0.05) is 23.0 Å². The van der Waals surface area contributed by atoms with Gasteiger partial charge in [0.2, 0.25) is 0 Å². The molecule has 1 aliphatic heterocycles. The maximum absolute atomic E-state index is 12.6. The van der Waals surface area contributed by atoms with E-state index in [1.807, 2.05) is 6.92 Å². The molecule has 0 spiro atoms. The maximum Gasteiger partial charge on any atom is 0.337 e. The van der Waals surface area contributed by atoms with Crippen LogP contribution in [0.4, 0.5) is 21.0 Å². The molecule has 1 heterocycles. The highest BCUT2D eigenvalue weighted by Gasteiger charge is 2.35. The fourth-order valence-corrected chi connectivity index (χ4v) is 3.99. The molecule has 1 atom stereocenters. The van der Waals surface area contributed by atoms with E-state index in [9.17, 15) is 14.4 Å². The number of methoxy groups -OCH3 is 1. The summed E-state index contributed by atoms with van der Waals surface area (Å²) in [5.74, 6) is -0.514. The van der Waals surface area contributed by atoms with Crippen LogP contribution in [0.25, 0.3) is 0 Å². The zero-order valence-corrected chi connectivity index (χ0v) is 19.9. The predicted molar refractivity (Wildman–Crippen MR) is 129 cm³/mol. The number of nitrogens with zero attached hydrogens (tertiary/aromatic N) is 1. The van der Waals surface area contributed by atoms with Crippen molar-refractivity contribution in [3.8, 4) is 0 Å². The van der Waals surface area contributed by atoms with Gasteiger partial charge in [-0.15, -0.1) is 0 Å². The largest absolute Gasteiger partial charge is 0.466 e. The third-order valence-corrected chi connectivity index (χ3v) is 5.68. The molecule has 3 rings (SSSR count). The van der Waals surface area contributed by atoms with Crippen molar-refractivity contribution in [2.75, 3.05) is 24.3 Å². The molecule has 1 unspecified atom stereocenters. The van der Waals surface area contributed by atoms with E-state index < -0.39 is 18.0 Å². The molecule has 3 N–H and O–H groups in total. The zero-order chi connectivity index (χ0) is 24.1. The number of amides is 4. The van der Waals surface area contributed by atoms with E-state index in [-0.39, 0.29) is 6.03 Å². The van der Waals surface area contributed by atoms with Crippen LogP contribution >= 0.6 is 23.2 Å². The van der Waals surface area contributed by atoms with Gasteiger partial charge < -0.3 is 20.7 Å².